The van der Waals surface area contributed by atoms with Crippen molar-refractivity contribution in [2.75, 3.05) is 26.2 Å². The molecule has 4 aliphatic rings. The first kappa shape index (κ1) is 14.9. The minimum absolute atomic E-state index is 0.109. The Labute approximate surface area is 134 Å². The van der Waals surface area contributed by atoms with Gasteiger partial charge >= 0.3 is 0 Å². The molecule has 0 unspecified atom stereocenters. The molecule has 0 N–H and O–H groups in total. The number of hydrogen-bond donors (Lipinski definition) is 0. The maximum Gasteiger partial charge on any atom is 0.239 e. The molecule has 4 fully saturated rings. The van der Waals surface area contributed by atoms with Crippen molar-refractivity contribution in [3.8, 4) is 0 Å². The van der Waals surface area contributed by atoms with E-state index in [0.29, 0.717) is 18.0 Å². The molecule has 22 heavy (non-hydrogen) atoms. The van der Waals surface area contributed by atoms with Crippen molar-refractivity contribution in [1.82, 2.24) is 14.7 Å². The quantitative estimate of drug-likeness (QED) is 0.781. The molecule has 4 rings (SSSR count). The van der Waals surface area contributed by atoms with Crippen LogP contribution in [-0.4, -0.2) is 71.0 Å². The SMILES string of the molecule is C[C@@H]1C(=O)N2CCC[C@H]2CN1C1CCN(C2CCCC2)CC1. The van der Waals surface area contributed by atoms with Crippen LogP contribution in [0.5, 0.6) is 0 Å². The van der Waals surface area contributed by atoms with Crippen LogP contribution in [-0.2, 0) is 4.79 Å². The first-order chi connectivity index (χ1) is 10.7. The average molecular weight is 305 g/mol. The zero-order valence-corrected chi connectivity index (χ0v) is 14.0. The number of fused-ring (bicyclic) bond motifs is 1. The minimum atomic E-state index is 0.109. The summed E-state index contributed by atoms with van der Waals surface area (Å²) in [5.41, 5.74) is 0. The van der Waals surface area contributed by atoms with Crippen LogP contribution in [0.25, 0.3) is 0 Å². The van der Waals surface area contributed by atoms with Gasteiger partial charge in [-0.1, -0.05) is 12.8 Å². The second-order valence-electron chi connectivity index (χ2n) is 7.91. The van der Waals surface area contributed by atoms with E-state index in [1.54, 1.807) is 0 Å². The maximum absolute atomic E-state index is 12.6. The van der Waals surface area contributed by atoms with Crippen molar-refractivity contribution >= 4 is 5.91 Å². The van der Waals surface area contributed by atoms with Crippen molar-refractivity contribution in [2.24, 2.45) is 0 Å². The number of likely N-dealkylation sites (tertiary alicyclic amines) is 1. The lowest BCUT2D eigenvalue weighted by Gasteiger charge is -2.48. The lowest BCUT2D eigenvalue weighted by molar-refractivity contribution is -0.145. The molecule has 0 bridgehead atoms. The fourth-order valence-electron chi connectivity index (χ4n) is 5.42. The molecule has 3 aliphatic heterocycles. The Morgan fingerprint density at radius 2 is 1.50 bits per heavy atom. The molecule has 0 aromatic carbocycles. The van der Waals surface area contributed by atoms with Crippen LogP contribution in [0.3, 0.4) is 0 Å². The normalized spacial score (nSPS) is 36.2. The van der Waals surface area contributed by atoms with Gasteiger partial charge in [-0.2, -0.15) is 0 Å². The van der Waals surface area contributed by atoms with Crippen molar-refractivity contribution < 1.29 is 4.79 Å². The summed E-state index contributed by atoms with van der Waals surface area (Å²) in [5.74, 6) is 0.395. The van der Waals surface area contributed by atoms with Gasteiger partial charge in [0.05, 0.1) is 6.04 Å². The first-order valence-corrected chi connectivity index (χ1v) is 9.54. The molecule has 2 atom stereocenters. The maximum atomic E-state index is 12.6. The Kier molecular flexibility index (Phi) is 4.16. The highest BCUT2D eigenvalue weighted by atomic mass is 16.2. The number of rotatable bonds is 2. The van der Waals surface area contributed by atoms with E-state index < -0.39 is 0 Å². The van der Waals surface area contributed by atoms with Crippen LogP contribution in [0.15, 0.2) is 0 Å². The summed E-state index contributed by atoms with van der Waals surface area (Å²) in [4.78, 5) is 20.1. The third kappa shape index (κ3) is 2.58. The van der Waals surface area contributed by atoms with Gasteiger partial charge in [0, 0.05) is 31.2 Å². The standard InChI is InChI=1S/C18H31N3O/c1-14-18(22)20-10-4-7-17(20)13-21(14)16-8-11-19(12-9-16)15-5-2-3-6-15/h14-17H,2-13H2,1H3/t14-,17+/m1/s1. The molecule has 0 spiro atoms. The summed E-state index contributed by atoms with van der Waals surface area (Å²) in [5, 5.41) is 0. The predicted molar refractivity (Wildman–Crippen MR) is 87.8 cm³/mol. The van der Waals surface area contributed by atoms with Crippen LogP contribution < -0.4 is 0 Å². The van der Waals surface area contributed by atoms with Gasteiger partial charge in [0.15, 0.2) is 0 Å². The third-order valence-corrected chi connectivity index (χ3v) is 6.75. The molecule has 0 radical (unpaired) electrons. The molecule has 1 aliphatic carbocycles. The fourth-order valence-corrected chi connectivity index (χ4v) is 5.42. The van der Waals surface area contributed by atoms with Gasteiger partial charge in [-0.3, -0.25) is 9.69 Å². The molecule has 3 heterocycles. The van der Waals surface area contributed by atoms with Crippen LogP contribution in [0, 0.1) is 0 Å². The molecule has 4 heteroatoms. The molecule has 1 amide bonds. The van der Waals surface area contributed by atoms with Gasteiger partial charge in [0.2, 0.25) is 5.91 Å². The number of carbonyl (C=O) groups excluding carboxylic acids is 1. The monoisotopic (exact) mass is 305 g/mol. The second-order valence-corrected chi connectivity index (χ2v) is 7.91. The van der Waals surface area contributed by atoms with Crippen molar-refractivity contribution in [2.45, 2.75) is 82.5 Å². The van der Waals surface area contributed by atoms with Crippen molar-refractivity contribution in [1.29, 1.82) is 0 Å². The molecule has 1 saturated carbocycles. The Morgan fingerprint density at radius 3 is 2.23 bits per heavy atom. The Balaban J connectivity index is 1.37. The summed E-state index contributed by atoms with van der Waals surface area (Å²) in [7, 11) is 0. The summed E-state index contributed by atoms with van der Waals surface area (Å²) in [6, 6.07) is 2.12. The Hall–Kier alpha value is -0.610. The van der Waals surface area contributed by atoms with Gasteiger partial charge < -0.3 is 9.80 Å². The molecule has 124 valence electrons. The fraction of sp³-hybridized carbons (Fsp3) is 0.944. The van der Waals surface area contributed by atoms with Gasteiger partial charge in [-0.25, -0.2) is 0 Å². The zero-order valence-electron chi connectivity index (χ0n) is 14.0. The zero-order chi connectivity index (χ0) is 15.1. The van der Waals surface area contributed by atoms with E-state index in [4.69, 9.17) is 0 Å². The van der Waals surface area contributed by atoms with E-state index in [9.17, 15) is 4.79 Å². The molecular weight excluding hydrogens is 274 g/mol. The molecule has 3 saturated heterocycles. The Morgan fingerprint density at radius 1 is 0.818 bits per heavy atom. The summed E-state index contributed by atoms with van der Waals surface area (Å²) in [6.07, 6.45) is 10.6. The number of piperidine rings is 1. The van der Waals surface area contributed by atoms with Gasteiger partial charge in [-0.15, -0.1) is 0 Å². The summed E-state index contributed by atoms with van der Waals surface area (Å²) in [6.45, 7) is 6.77. The lowest BCUT2D eigenvalue weighted by Crippen LogP contribution is -2.62. The van der Waals surface area contributed by atoms with E-state index in [2.05, 4.69) is 21.6 Å². The number of piperazine rings is 1. The van der Waals surface area contributed by atoms with E-state index in [0.717, 1.165) is 19.1 Å². The molecule has 0 aromatic heterocycles. The van der Waals surface area contributed by atoms with Gasteiger partial charge in [-0.05, 0) is 58.5 Å². The molecular formula is C18H31N3O. The van der Waals surface area contributed by atoms with Crippen LogP contribution in [0.2, 0.25) is 0 Å². The summed E-state index contributed by atoms with van der Waals surface area (Å²) < 4.78 is 0. The number of hydrogen-bond acceptors (Lipinski definition) is 3. The highest BCUT2D eigenvalue weighted by Crippen LogP contribution is 2.31. The van der Waals surface area contributed by atoms with E-state index in [1.807, 2.05) is 0 Å². The third-order valence-electron chi connectivity index (χ3n) is 6.75. The highest BCUT2D eigenvalue weighted by molar-refractivity contribution is 5.83. The number of amides is 1. The highest BCUT2D eigenvalue weighted by Gasteiger charge is 2.43. The smallest absolute Gasteiger partial charge is 0.239 e. The summed E-state index contributed by atoms with van der Waals surface area (Å²) >= 11 is 0. The topological polar surface area (TPSA) is 26.8 Å². The first-order valence-electron chi connectivity index (χ1n) is 9.54. The average Bonchev–Trinajstić information content (AvgIpc) is 3.22. The number of nitrogens with zero attached hydrogens (tertiary/aromatic N) is 3. The molecule has 0 aromatic rings. The van der Waals surface area contributed by atoms with Crippen LogP contribution in [0.1, 0.15) is 58.3 Å². The van der Waals surface area contributed by atoms with Crippen LogP contribution in [0.4, 0.5) is 0 Å². The minimum Gasteiger partial charge on any atom is -0.337 e. The molecule has 4 nitrogen and oxygen atoms in total. The second kappa shape index (κ2) is 6.12. The van der Waals surface area contributed by atoms with E-state index in [1.165, 1.54) is 64.5 Å². The largest absolute Gasteiger partial charge is 0.337 e. The Bertz CT molecular complexity index is 413. The van der Waals surface area contributed by atoms with Gasteiger partial charge in [0.25, 0.3) is 0 Å². The van der Waals surface area contributed by atoms with Crippen molar-refractivity contribution in [3.63, 3.8) is 0 Å². The number of carbonyl (C=O) groups is 1. The van der Waals surface area contributed by atoms with Crippen molar-refractivity contribution in [3.05, 3.63) is 0 Å². The van der Waals surface area contributed by atoms with E-state index >= 15 is 0 Å². The van der Waals surface area contributed by atoms with E-state index in [-0.39, 0.29) is 6.04 Å². The van der Waals surface area contributed by atoms with Crippen LogP contribution >= 0.6 is 0 Å². The lowest BCUT2D eigenvalue weighted by atomic mass is 9.96. The predicted octanol–water partition coefficient (Wildman–Crippen LogP) is 2.09. The van der Waals surface area contributed by atoms with Gasteiger partial charge in [0.1, 0.15) is 0 Å².